The lowest BCUT2D eigenvalue weighted by atomic mass is 10.1. The number of carbonyl (C=O) groups excluding carboxylic acids is 1. The minimum absolute atomic E-state index is 0.157. The molecule has 0 saturated heterocycles. The first-order valence-corrected chi connectivity index (χ1v) is 4.03. The van der Waals surface area contributed by atoms with E-state index in [4.69, 9.17) is 11.6 Å². The predicted molar refractivity (Wildman–Crippen MR) is 47.5 cm³/mol. The molecule has 0 radical (unpaired) electrons. The van der Waals surface area contributed by atoms with E-state index in [2.05, 4.69) is 0 Å². The van der Waals surface area contributed by atoms with E-state index in [0.717, 1.165) is 11.8 Å². The Kier molecular flexibility index (Phi) is 3.11. The topological polar surface area (TPSA) is 37.3 Å². The molecule has 1 aromatic rings. The monoisotopic (exact) mass is 184 g/mol. The second-order valence-corrected chi connectivity index (χ2v) is 2.91. The highest BCUT2D eigenvalue weighted by Gasteiger charge is 2.00. The molecular weight excluding hydrogens is 176 g/mol. The van der Waals surface area contributed by atoms with Crippen LogP contribution in [0.4, 0.5) is 0 Å². The van der Waals surface area contributed by atoms with Crippen molar-refractivity contribution in [3.8, 4) is 5.75 Å². The molecule has 3 heteroatoms. The number of hydrogen-bond donors (Lipinski definition) is 1. The van der Waals surface area contributed by atoms with Gasteiger partial charge in [-0.15, -0.1) is 0 Å². The second-order valence-electron chi connectivity index (χ2n) is 2.48. The zero-order valence-corrected chi connectivity index (χ0v) is 7.21. The Morgan fingerprint density at radius 3 is 2.83 bits per heavy atom. The van der Waals surface area contributed by atoms with Gasteiger partial charge < -0.3 is 9.90 Å². The summed E-state index contributed by atoms with van der Waals surface area (Å²) >= 11 is 5.62. The number of benzene rings is 1. The molecular formula is C9H9ClO2. The van der Waals surface area contributed by atoms with Crippen molar-refractivity contribution in [1.82, 2.24) is 0 Å². The van der Waals surface area contributed by atoms with E-state index >= 15 is 0 Å². The first-order chi connectivity index (χ1) is 5.74. The summed E-state index contributed by atoms with van der Waals surface area (Å²) in [6.07, 6.45) is 1.82. The molecule has 1 N–H and O–H groups in total. The fraction of sp³-hybridized carbons (Fsp3) is 0.222. The Morgan fingerprint density at radius 2 is 2.25 bits per heavy atom. The fourth-order valence-electron chi connectivity index (χ4n) is 0.963. The summed E-state index contributed by atoms with van der Waals surface area (Å²) in [6.45, 7) is 0. The van der Waals surface area contributed by atoms with Crippen molar-refractivity contribution < 1.29 is 9.90 Å². The SMILES string of the molecule is O=CCCc1ccc(Cl)cc1O. The molecule has 0 aliphatic rings. The van der Waals surface area contributed by atoms with Crippen LogP contribution in [0.5, 0.6) is 5.75 Å². The van der Waals surface area contributed by atoms with Gasteiger partial charge in [0.2, 0.25) is 0 Å². The summed E-state index contributed by atoms with van der Waals surface area (Å²) in [6, 6.07) is 4.89. The summed E-state index contributed by atoms with van der Waals surface area (Å²) in [7, 11) is 0. The van der Waals surface area contributed by atoms with Crippen LogP contribution < -0.4 is 0 Å². The minimum atomic E-state index is 0.157. The van der Waals surface area contributed by atoms with Crippen LogP contribution in [0.15, 0.2) is 18.2 Å². The third kappa shape index (κ3) is 2.24. The summed E-state index contributed by atoms with van der Waals surface area (Å²) in [5.41, 5.74) is 0.756. The zero-order valence-electron chi connectivity index (χ0n) is 6.46. The molecule has 0 heterocycles. The molecule has 0 bridgehead atoms. The van der Waals surface area contributed by atoms with Gasteiger partial charge in [-0.2, -0.15) is 0 Å². The number of aldehydes is 1. The van der Waals surface area contributed by atoms with E-state index in [1.165, 1.54) is 6.07 Å². The van der Waals surface area contributed by atoms with Gasteiger partial charge >= 0.3 is 0 Å². The van der Waals surface area contributed by atoms with Crippen molar-refractivity contribution >= 4 is 17.9 Å². The van der Waals surface area contributed by atoms with Crippen LogP contribution in [-0.4, -0.2) is 11.4 Å². The highest BCUT2D eigenvalue weighted by Crippen LogP contribution is 2.22. The van der Waals surface area contributed by atoms with Crippen LogP contribution in [0.3, 0.4) is 0 Å². The Labute approximate surface area is 75.8 Å². The van der Waals surface area contributed by atoms with Gasteiger partial charge in [-0.25, -0.2) is 0 Å². The summed E-state index contributed by atoms with van der Waals surface area (Å²) < 4.78 is 0. The number of phenolic OH excluding ortho intramolecular Hbond substituents is 1. The lowest BCUT2D eigenvalue weighted by Gasteiger charge is -2.01. The predicted octanol–water partition coefficient (Wildman–Crippen LogP) is 2.18. The van der Waals surface area contributed by atoms with E-state index < -0.39 is 0 Å². The Bertz CT molecular complexity index is 284. The quantitative estimate of drug-likeness (QED) is 0.732. The van der Waals surface area contributed by atoms with Crippen molar-refractivity contribution in [1.29, 1.82) is 0 Å². The number of rotatable bonds is 3. The van der Waals surface area contributed by atoms with E-state index in [0.29, 0.717) is 17.9 Å². The van der Waals surface area contributed by atoms with Crippen molar-refractivity contribution in [2.24, 2.45) is 0 Å². The lowest BCUT2D eigenvalue weighted by Crippen LogP contribution is -1.86. The highest BCUT2D eigenvalue weighted by molar-refractivity contribution is 6.30. The van der Waals surface area contributed by atoms with Crippen molar-refractivity contribution in [2.75, 3.05) is 0 Å². The second kappa shape index (κ2) is 4.12. The largest absolute Gasteiger partial charge is 0.508 e. The molecule has 2 nitrogen and oxygen atoms in total. The maximum absolute atomic E-state index is 10.0. The van der Waals surface area contributed by atoms with Crippen LogP contribution >= 0.6 is 11.6 Å². The zero-order chi connectivity index (χ0) is 8.97. The minimum Gasteiger partial charge on any atom is -0.508 e. The standard InChI is InChI=1S/C9H9ClO2/c10-8-4-3-7(2-1-5-11)9(12)6-8/h3-6,12H,1-2H2. The van der Waals surface area contributed by atoms with Crippen LogP contribution in [0, 0.1) is 0 Å². The highest BCUT2D eigenvalue weighted by atomic mass is 35.5. The normalized spacial score (nSPS) is 9.75. The average Bonchev–Trinajstić information content (AvgIpc) is 2.03. The summed E-state index contributed by atoms with van der Waals surface area (Å²) in [5, 5.41) is 9.82. The molecule has 0 aliphatic carbocycles. The number of aromatic hydroxyl groups is 1. The fourth-order valence-corrected chi connectivity index (χ4v) is 1.13. The molecule has 12 heavy (non-hydrogen) atoms. The van der Waals surface area contributed by atoms with Gasteiger partial charge in [-0.05, 0) is 24.1 Å². The van der Waals surface area contributed by atoms with E-state index in [1.807, 2.05) is 0 Å². The Balaban J connectivity index is 2.78. The van der Waals surface area contributed by atoms with Crippen LogP contribution in [0.1, 0.15) is 12.0 Å². The molecule has 0 aromatic heterocycles. The van der Waals surface area contributed by atoms with Crippen LogP contribution in [0.25, 0.3) is 0 Å². The van der Waals surface area contributed by atoms with Crippen molar-refractivity contribution in [2.45, 2.75) is 12.8 Å². The van der Waals surface area contributed by atoms with Gasteiger partial charge in [0.05, 0.1) is 0 Å². The molecule has 1 aromatic carbocycles. The number of carbonyl (C=O) groups is 1. The Hall–Kier alpha value is -1.02. The molecule has 0 amide bonds. The maximum atomic E-state index is 10.0. The molecule has 0 saturated carbocycles. The first-order valence-electron chi connectivity index (χ1n) is 3.65. The molecule has 64 valence electrons. The van der Waals surface area contributed by atoms with Gasteiger partial charge in [-0.3, -0.25) is 0 Å². The van der Waals surface area contributed by atoms with E-state index in [9.17, 15) is 9.90 Å². The number of aryl methyl sites for hydroxylation is 1. The van der Waals surface area contributed by atoms with E-state index in [1.54, 1.807) is 12.1 Å². The summed E-state index contributed by atoms with van der Waals surface area (Å²) in [4.78, 5) is 10.0. The third-order valence-corrected chi connectivity index (χ3v) is 1.81. The first kappa shape index (κ1) is 9.07. The molecule has 0 unspecified atom stereocenters. The molecule has 0 fully saturated rings. The third-order valence-electron chi connectivity index (χ3n) is 1.58. The van der Waals surface area contributed by atoms with Gasteiger partial charge in [0.1, 0.15) is 12.0 Å². The molecule has 0 atom stereocenters. The smallest absolute Gasteiger partial charge is 0.120 e. The lowest BCUT2D eigenvalue weighted by molar-refractivity contribution is -0.107. The van der Waals surface area contributed by atoms with Gasteiger partial charge in [0.25, 0.3) is 0 Å². The van der Waals surface area contributed by atoms with E-state index in [-0.39, 0.29) is 5.75 Å². The van der Waals surface area contributed by atoms with Crippen LogP contribution in [0.2, 0.25) is 5.02 Å². The van der Waals surface area contributed by atoms with Gasteiger partial charge in [0, 0.05) is 11.4 Å². The molecule has 0 spiro atoms. The molecule has 0 aliphatic heterocycles. The Morgan fingerprint density at radius 1 is 1.50 bits per heavy atom. The number of halogens is 1. The van der Waals surface area contributed by atoms with Crippen LogP contribution in [-0.2, 0) is 11.2 Å². The maximum Gasteiger partial charge on any atom is 0.120 e. The van der Waals surface area contributed by atoms with Gasteiger partial charge in [0.15, 0.2) is 0 Å². The average molecular weight is 185 g/mol. The van der Waals surface area contributed by atoms with Crippen molar-refractivity contribution in [3.63, 3.8) is 0 Å². The molecule has 1 rings (SSSR count). The number of phenols is 1. The number of hydrogen-bond acceptors (Lipinski definition) is 2. The van der Waals surface area contributed by atoms with Gasteiger partial charge in [-0.1, -0.05) is 17.7 Å². The van der Waals surface area contributed by atoms with Crippen molar-refractivity contribution in [3.05, 3.63) is 28.8 Å². The summed E-state index contributed by atoms with van der Waals surface area (Å²) in [5.74, 6) is 0.157.